The molecular weight excluding hydrogens is 166 g/mol. The highest BCUT2D eigenvalue weighted by molar-refractivity contribution is 4.94. The molecule has 0 aromatic rings. The van der Waals surface area contributed by atoms with Gasteiger partial charge in [0.25, 0.3) is 0 Å². The van der Waals surface area contributed by atoms with Crippen LogP contribution in [0.5, 0.6) is 0 Å². The summed E-state index contributed by atoms with van der Waals surface area (Å²) in [5.41, 5.74) is 8.32. The van der Waals surface area contributed by atoms with Gasteiger partial charge in [-0.05, 0) is 43.1 Å². The molecule has 2 aliphatic rings. The number of ether oxygens (including phenoxy) is 1. The SMILES string of the molecule is CO[C@@H]1C[C@H]2C[C@H](N=[N+]=[N-])C[C@H]2C1. The number of fused-ring (bicyclic) bond motifs is 1. The molecule has 0 unspecified atom stereocenters. The highest BCUT2D eigenvalue weighted by Gasteiger charge is 2.41. The average Bonchev–Trinajstić information content (AvgIpc) is 2.61. The van der Waals surface area contributed by atoms with Gasteiger partial charge >= 0.3 is 0 Å². The molecule has 0 aromatic heterocycles. The third kappa shape index (κ3) is 1.64. The number of methoxy groups -OCH3 is 1. The fourth-order valence-electron chi connectivity index (χ4n) is 2.89. The minimum Gasteiger partial charge on any atom is -0.381 e. The molecule has 0 aromatic carbocycles. The smallest absolute Gasteiger partial charge is 0.0576 e. The summed E-state index contributed by atoms with van der Waals surface area (Å²) in [5.74, 6) is 1.50. The van der Waals surface area contributed by atoms with E-state index >= 15 is 0 Å². The van der Waals surface area contributed by atoms with Crippen LogP contribution in [0.15, 0.2) is 5.11 Å². The van der Waals surface area contributed by atoms with Gasteiger partial charge in [-0.25, -0.2) is 0 Å². The van der Waals surface area contributed by atoms with Gasteiger partial charge in [0.2, 0.25) is 0 Å². The molecule has 72 valence electrons. The molecule has 2 rings (SSSR count). The number of hydrogen-bond acceptors (Lipinski definition) is 2. The Morgan fingerprint density at radius 2 is 1.85 bits per heavy atom. The number of rotatable bonds is 2. The van der Waals surface area contributed by atoms with Crippen LogP contribution in [-0.4, -0.2) is 19.3 Å². The van der Waals surface area contributed by atoms with Crippen LogP contribution in [0.2, 0.25) is 0 Å². The van der Waals surface area contributed by atoms with E-state index in [4.69, 9.17) is 10.3 Å². The Balaban J connectivity index is 1.93. The van der Waals surface area contributed by atoms with Crippen LogP contribution < -0.4 is 0 Å². The van der Waals surface area contributed by atoms with Crippen LogP contribution in [0.3, 0.4) is 0 Å². The summed E-state index contributed by atoms with van der Waals surface area (Å²) in [6.07, 6.45) is 4.95. The van der Waals surface area contributed by atoms with Crippen molar-refractivity contribution >= 4 is 0 Å². The van der Waals surface area contributed by atoms with Crippen molar-refractivity contribution in [1.82, 2.24) is 0 Å². The van der Waals surface area contributed by atoms with Gasteiger partial charge in [0.1, 0.15) is 0 Å². The third-order valence-corrected chi connectivity index (χ3v) is 3.50. The van der Waals surface area contributed by atoms with E-state index in [0.29, 0.717) is 6.10 Å². The van der Waals surface area contributed by atoms with Crippen LogP contribution in [0, 0.1) is 11.8 Å². The molecule has 2 saturated carbocycles. The predicted octanol–water partition coefficient (Wildman–Crippen LogP) is 2.50. The quantitative estimate of drug-likeness (QED) is 0.367. The summed E-state index contributed by atoms with van der Waals surface area (Å²) < 4.78 is 5.34. The van der Waals surface area contributed by atoms with Gasteiger partial charge in [-0.3, -0.25) is 0 Å². The van der Waals surface area contributed by atoms with Gasteiger partial charge in [0.15, 0.2) is 0 Å². The van der Waals surface area contributed by atoms with Crippen molar-refractivity contribution in [1.29, 1.82) is 0 Å². The zero-order valence-electron chi connectivity index (χ0n) is 7.89. The number of nitrogens with zero attached hydrogens (tertiary/aromatic N) is 3. The van der Waals surface area contributed by atoms with Crippen molar-refractivity contribution in [3.63, 3.8) is 0 Å². The van der Waals surface area contributed by atoms with Crippen LogP contribution in [0.25, 0.3) is 10.4 Å². The van der Waals surface area contributed by atoms with Gasteiger partial charge in [0.05, 0.1) is 6.10 Å². The van der Waals surface area contributed by atoms with Gasteiger partial charge in [0, 0.05) is 18.1 Å². The average molecular weight is 181 g/mol. The Morgan fingerprint density at radius 1 is 1.23 bits per heavy atom. The summed E-state index contributed by atoms with van der Waals surface area (Å²) in [7, 11) is 1.79. The van der Waals surface area contributed by atoms with E-state index in [9.17, 15) is 0 Å². The van der Waals surface area contributed by atoms with Gasteiger partial charge in [-0.15, -0.1) is 0 Å². The van der Waals surface area contributed by atoms with E-state index < -0.39 is 0 Å². The molecule has 13 heavy (non-hydrogen) atoms. The predicted molar refractivity (Wildman–Crippen MR) is 49.2 cm³/mol. The first kappa shape index (κ1) is 8.85. The van der Waals surface area contributed by atoms with E-state index in [1.54, 1.807) is 7.11 Å². The van der Waals surface area contributed by atoms with Crippen molar-refractivity contribution in [3.8, 4) is 0 Å². The Labute approximate surface area is 77.9 Å². The lowest BCUT2D eigenvalue weighted by Gasteiger charge is -2.09. The van der Waals surface area contributed by atoms with E-state index in [1.165, 1.54) is 12.8 Å². The fourth-order valence-corrected chi connectivity index (χ4v) is 2.89. The molecule has 0 amide bonds. The third-order valence-electron chi connectivity index (χ3n) is 3.50. The molecule has 0 N–H and O–H groups in total. The standard InChI is InChI=1S/C9H15N3O/c1-13-9-4-6-2-8(11-12-10)3-7(6)5-9/h6-9H,2-5H2,1H3/t6-,7+,8+,9-. The van der Waals surface area contributed by atoms with Crippen molar-refractivity contribution in [2.24, 2.45) is 17.0 Å². The second kappa shape index (κ2) is 3.56. The van der Waals surface area contributed by atoms with E-state index in [0.717, 1.165) is 24.7 Å². The molecule has 4 heteroatoms. The minimum absolute atomic E-state index is 0.262. The van der Waals surface area contributed by atoms with Crippen molar-refractivity contribution in [3.05, 3.63) is 10.4 Å². The van der Waals surface area contributed by atoms with Crippen LogP contribution in [0.4, 0.5) is 0 Å². The highest BCUT2D eigenvalue weighted by atomic mass is 16.5. The van der Waals surface area contributed by atoms with E-state index in [-0.39, 0.29) is 6.04 Å². The lowest BCUT2D eigenvalue weighted by molar-refractivity contribution is 0.101. The molecule has 0 spiro atoms. The summed E-state index contributed by atoms with van der Waals surface area (Å²) >= 11 is 0. The maximum atomic E-state index is 8.32. The van der Waals surface area contributed by atoms with Gasteiger partial charge in [-0.2, -0.15) is 0 Å². The van der Waals surface area contributed by atoms with Crippen molar-refractivity contribution < 1.29 is 4.74 Å². The summed E-state index contributed by atoms with van der Waals surface area (Å²) in [5, 5.41) is 3.80. The molecule has 4 nitrogen and oxygen atoms in total. The monoisotopic (exact) mass is 181 g/mol. The Kier molecular flexibility index (Phi) is 2.42. The molecule has 0 heterocycles. The van der Waals surface area contributed by atoms with Crippen molar-refractivity contribution in [2.75, 3.05) is 7.11 Å². The first-order valence-corrected chi connectivity index (χ1v) is 4.90. The summed E-state index contributed by atoms with van der Waals surface area (Å²) in [6, 6.07) is 0.262. The van der Waals surface area contributed by atoms with Crippen LogP contribution in [-0.2, 0) is 4.74 Å². The van der Waals surface area contributed by atoms with Crippen LogP contribution in [0.1, 0.15) is 25.7 Å². The van der Waals surface area contributed by atoms with Gasteiger partial charge in [-0.1, -0.05) is 5.11 Å². The van der Waals surface area contributed by atoms with Crippen LogP contribution >= 0.6 is 0 Å². The number of hydrogen-bond donors (Lipinski definition) is 0. The molecular formula is C9H15N3O. The molecule has 0 aliphatic heterocycles. The molecule has 0 bridgehead atoms. The second-order valence-electron chi connectivity index (χ2n) is 4.18. The van der Waals surface area contributed by atoms with E-state index in [2.05, 4.69) is 10.0 Å². The lowest BCUT2D eigenvalue weighted by atomic mass is 10.0. The molecule has 2 aliphatic carbocycles. The second-order valence-corrected chi connectivity index (χ2v) is 4.18. The molecule has 4 atom stereocenters. The van der Waals surface area contributed by atoms with E-state index in [1.807, 2.05) is 0 Å². The maximum Gasteiger partial charge on any atom is 0.0576 e. The molecule has 2 fully saturated rings. The number of azide groups is 1. The zero-order chi connectivity index (χ0) is 9.26. The summed E-state index contributed by atoms with van der Waals surface area (Å²) in [4.78, 5) is 2.88. The molecule has 0 radical (unpaired) electrons. The summed E-state index contributed by atoms with van der Waals surface area (Å²) in [6.45, 7) is 0. The minimum atomic E-state index is 0.262. The first-order valence-electron chi connectivity index (χ1n) is 4.90. The largest absolute Gasteiger partial charge is 0.381 e. The lowest BCUT2D eigenvalue weighted by Crippen LogP contribution is -2.08. The normalized spacial score (nSPS) is 42.8. The highest BCUT2D eigenvalue weighted by Crippen LogP contribution is 2.45. The first-order chi connectivity index (χ1) is 6.33. The zero-order valence-corrected chi connectivity index (χ0v) is 7.89. The Morgan fingerprint density at radius 3 is 2.31 bits per heavy atom. The Hall–Kier alpha value is -0.730. The topological polar surface area (TPSA) is 58.0 Å². The van der Waals surface area contributed by atoms with Crippen molar-refractivity contribution in [2.45, 2.75) is 37.8 Å². The maximum absolute atomic E-state index is 8.32. The Bertz CT molecular complexity index is 223. The fraction of sp³-hybridized carbons (Fsp3) is 1.00. The van der Waals surface area contributed by atoms with Gasteiger partial charge < -0.3 is 4.74 Å². The molecule has 0 saturated heterocycles.